The Morgan fingerprint density at radius 3 is 2.07 bits per heavy atom. The van der Waals surface area contributed by atoms with Gasteiger partial charge >= 0.3 is 5.97 Å². The Kier molecular flexibility index (Phi) is 5.94. The zero-order valence-corrected chi connectivity index (χ0v) is 14.4. The molecule has 0 bridgehead atoms. The van der Waals surface area contributed by atoms with Gasteiger partial charge in [0.15, 0.2) is 30.6 Å². The van der Waals surface area contributed by atoms with Gasteiger partial charge in [-0.15, -0.1) is 0 Å². The zero-order chi connectivity index (χ0) is 19.1. The van der Waals surface area contributed by atoms with Crippen LogP contribution >= 0.6 is 0 Å². The summed E-state index contributed by atoms with van der Waals surface area (Å²) >= 11 is 0. The number of hydrogen-bond donors (Lipinski definition) is 0. The van der Waals surface area contributed by atoms with Crippen molar-refractivity contribution in [2.24, 2.45) is 0 Å². The Bertz CT molecular complexity index is 921. The quantitative estimate of drug-likeness (QED) is 0.463. The van der Waals surface area contributed by atoms with Gasteiger partial charge < -0.3 is 9.47 Å². The molecule has 0 N–H and O–H groups in total. The molecule has 4 nitrogen and oxygen atoms in total. The maximum atomic E-state index is 13.4. The molecule has 0 saturated heterocycles. The first-order valence-corrected chi connectivity index (χ1v) is 8.35. The molecule has 3 aromatic carbocycles. The van der Waals surface area contributed by atoms with Crippen LogP contribution in [0.25, 0.3) is 11.1 Å². The minimum Gasteiger partial charge on any atom is -0.479 e. The molecule has 0 heterocycles. The van der Waals surface area contributed by atoms with E-state index >= 15 is 0 Å². The van der Waals surface area contributed by atoms with Crippen LogP contribution in [-0.2, 0) is 9.53 Å². The second-order valence-electron chi connectivity index (χ2n) is 5.75. The first kappa shape index (κ1) is 18.3. The molecular weight excluding hydrogens is 347 g/mol. The maximum Gasteiger partial charge on any atom is 0.344 e. The molecule has 0 aliphatic carbocycles. The van der Waals surface area contributed by atoms with E-state index in [2.05, 4.69) is 0 Å². The van der Waals surface area contributed by atoms with Crippen molar-refractivity contribution in [2.45, 2.75) is 0 Å². The van der Waals surface area contributed by atoms with E-state index in [1.54, 1.807) is 18.2 Å². The number of ether oxygens (including phenoxy) is 2. The number of halogens is 1. The fourth-order valence-electron chi connectivity index (χ4n) is 2.45. The number of carbonyl (C=O) groups excluding carboxylic acids is 2. The van der Waals surface area contributed by atoms with E-state index in [0.29, 0.717) is 5.56 Å². The molecule has 0 fully saturated rings. The topological polar surface area (TPSA) is 52.6 Å². The van der Waals surface area contributed by atoms with Crippen LogP contribution in [0.3, 0.4) is 0 Å². The second-order valence-corrected chi connectivity index (χ2v) is 5.75. The molecule has 0 saturated carbocycles. The number of rotatable bonds is 7. The van der Waals surface area contributed by atoms with Gasteiger partial charge in [-0.1, -0.05) is 66.7 Å². The van der Waals surface area contributed by atoms with Crippen LogP contribution in [0.15, 0.2) is 78.9 Å². The Morgan fingerprint density at radius 1 is 0.741 bits per heavy atom. The van der Waals surface area contributed by atoms with Crippen molar-refractivity contribution < 1.29 is 23.5 Å². The number of Topliss-reactive ketones (excluding diaryl/α,β-unsaturated/α-hetero) is 1. The number of para-hydroxylation sites is 1. The molecule has 0 aliphatic heterocycles. The average molecular weight is 364 g/mol. The SMILES string of the molecule is O=C(COc1ccccc1F)OCC(=O)c1ccc(-c2ccccc2)cc1. The molecule has 3 aromatic rings. The highest BCUT2D eigenvalue weighted by atomic mass is 19.1. The molecule has 0 aliphatic rings. The van der Waals surface area contributed by atoms with Gasteiger partial charge in [0.2, 0.25) is 0 Å². The molecule has 0 radical (unpaired) electrons. The predicted octanol–water partition coefficient (Wildman–Crippen LogP) is 4.30. The lowest BCUT2D eigenvalue weighted by atomic mass is 10.0. The molecule has 0 amide bonds. The Morgan fingerprint density at radius 2 is 1.37 bits per heavy atom. The van der Waals surface area contributed by atoms with Crippen molar-refractivity contribution in [1.29, 1.82) is 0 Å². The number of benzene rings is 3. The van der Waals surface area contributed by atoms with Crippen molar-refractivity contribution in [3.8, 4) is 16.9 Å². The van der Waals surface area contributed by atoms with E-state index in [1.807, 2.05) is 42.5 Å². The summed E-state index contributed by atoms with van der Waals surface area (Å²) in [6.07, 6.45) is 0. The Hall–Kier alpha value is -3.47. The molecular formula is C22H17FO4. The number of ketones is 1. The van der Waals surface area contributed by atoms with E-state index in [0.717, 1.165) is 11.1 Å². The van der Waals surface area contributed by atoms with Crippen LogP contribution in [0.5, 0.6) is 5.75 Å². The van der Waals surface area contributed by atoms with Gasteiger partial charge in [-0.3, -0.25) is 4.79 Å². The van der Waals surface area contributed by atoms with Crippen molar-refractivity contribution in [3.05, 3.63) is 90.2 Å². The highest BCUT2D eigenvalue weighted by molar-refractivity contribution is 5.98. The maximum absolute atomic E-state index is 13.4. The summed E-state index contributed by atoms with van der Waals surface area (Å²) in [5.41, 5.74) is 2.48. The predicted molar refractivity (Wildman–Crippen MR) is 99.1 cm³/mol. The lowest BCUT2D eigenvalue weighted by molar-refractivity contribution is -0.144. The first-order chi connectivity index (χ1) is 13.1. The standard InChI is InChI=1S/C22H17FO4/c23-19-8-4-5-9-21(19)26-15-22(25)27-14-20(24)18-12-10-17(11-13-18)16-6-2-1-3-7-16/h1-13H,14-15H2. The summed E-state index contributed by atoms with van der Waals surface area (Å²) in [7, 11) is 0. The van der Waals surface area contributed by atoms with Crippen LogP contribution in [0.4, 0.5) is 4.39 Å². The van der Waals surface area contributed by atoms with Gasteiger partial charge in [0.25, 0.3) is 0 Å². The fourth-order valence-corrected chi connectivity index (χ4v) is 2.45. The van der Waals surface area contributed by atoms with Gasteiger partial charge in [-0.05, 0) is 23.3 Å². The summed E-state index contributed by atoms with van der Waals surface area (Å²) in [6.45, 7) is -0.870. The van der Waals surface area contributed by atoms with Crippen LogP contribution in [0.2, 0.25) is 0 Å². The Labute approximate surface area is 156 Å². The minimum atomic E-state index is -0.743. The van der Waals surface area contributed by atoms with E-state index < -0.39 is 25.0 Å². The third-order valence-corrected chi connectivity index (χ3v) is 3.86. The van der Waals surface area contributed by atoms with Gasteiger partial charge in [-0.25, -0.2) is 9.18 Å². The smallest absolute Gasteiger partial charge is 0.344 e. The summed E-state index contributed by atoms with van der Waals surface area (Å²) in [5.74, 6) is -1.68. The van der Waals surface area contributed by atoms with E-state index in [9.17, 15) is 14.0 Å². The Balaban J connectivity index is 1.50. The molecule has 0 spiro atoms. The van der Waals surface area contributed by atoms with E-state index in [4.69, 9.17) is 9.47 Å². The van der Waals surface area contributed by atoms with Crippen molar-refractivity contribution in [2.75, 3.05) is 13.2 Å². The molecule has 3 rings (SSSR count). The molecule has 0 atom stereocenters. The third-order valence-electron chi connectivity index (χ3n) is 3.86. The largest absolute Gasteiger partial charge is 0.479 e. The van der Waals surface area contributed by atoms with Crippen LogP contribution in [0.1, 0.15) is 10.4 Å². The first-order valence-electron chi connectivity index (χ1n) is 8.35. The van der Waals surface area contributed by atoms with Gasteiger partial charge in [0, 0.05) is 5.56 Å². The van der Waals surface area contributed by atoms with Gasteiger partial charge in [0.05, 0.1) is 0 Å². The molecule has 136 valence electrons. The molecule has 5 heteroatoms. The summed E-state index contributed by atoms with van der Waals surface area (Å²) in [4.78, 5) is 23.8. The van der Waals surface area contributed by atoms with Crippen molar-refractivity contribution in [3.63, 3.8) is 0 Å². The summed E-state index contributed by atoms with van der Waals surface area (Å²) in [6, 6.07) is 22.6. The van der Waals surface area contributed by atoms with Crippen LogP contribution in [-0.4, -0.2) is 25.0 Å². The van der Waals surface area contributed by atoms with Crippen molar-refractivity contribution >= 4 is 11.8 Å². The highest BCUT2D eigenvalue weighted by Gasteiger charge is 2.12. The average Bonchev–Trinajstić information content (AvgIpc) is 2.72. The fraction of sp³-hybridized carbons (Fsp3) is 0.0909. The summed E-state index contributed by atoms with van der Waals surface area (Å²) in [5, 5.41) is 0. The molecule has 27 heavy (non-hydrogen) atoms. The van der Waals surface area contributed by atoms with E-state index in [1.165, 1.54) is 18.2 Å². The van der Waals surface area contributed by atoms with Crippen LogP contribution in [0, 0.1) is 5.82 Å². The number of esters is 1. The van der Waals surface area contributed by atoms with Crippen LogP contribution < -0.4 is 4.74 Å². The van der Waals surface area contributed by atoms with Gasteiger partial charge in [0.1, 0.15) is 0 Å². The number of carbonyl (C=O) groups is 2. The second kappa shape index (κ2) is 8.76. The molecule has 0 unspecified atom stereocenters. The monoisotopic (exact) mass is 364 g/mol. The zero-order valence-electron chi connectivity index (χ0n) is 14.4. The highest BCUT2D eigenvalue weighted by Crippen LogP contribution is 2.19. The van der Waals surface area contributed by atoms with Gasteiger partial charge in [-0.2, -0.15) is 0 Å². The number of hydrogen-bond acceptors (Lipinski definition) is 4. The lowest BCUT2D eigenvalue weighted by Gasteiger charge is -2.08. The normalized spacial score (nSPS) is 10.3. The molecule has 0 aromatic heterocycles. The minimum absolute atomic E-state index is 0.0442. The van der Waals surface area contributed by atoms with Crippen molar-refractivity contribution in [1.82, 2.24) is 0 Å². The third kappa shape index (κ3) is 5.01. The summed E-state index contributed by atoms with van der Waals surface area (Å²) < 4.78 is 23.3. The lowest BCUT2D eigenvalue weighted by Crippen LogP contribution is -2.19. The van der Waals surface area contributed by atoms with E-state index in [-0.39, 0.29) is 11.5 Å².